The average Bonchev–Trinajstić information content (AvgIpc) is 3.12. The summed E-state index contributed by atoms with van der Waals surface area (Å²) < 4.78 is 29.7. The number of anilines is 1. The number of hydrogen-bond donors (Lipinski definition) is 1. The van der Waals surface area contributed by atoms with Crippen LogP contribution >= 0.6 is 0 Å². The molecule has 0 bridgehead atoms. The fourth-order valence-electron chi connectivity index (χ4n) is 2.88. The number of Topliss-reactive ketones (excluding diaryl/α,β-unsaturated/α-hetero) is 1. The molecule has 4 aromatic rings. The minimum atomic E-state index is -3.79. The molecule has 6 nitrogen and oxygen atoms in total. The van der Waals surface area contributed by atoms with Crippen molar-refractivity contribution in [3.8, 4) is 11.3 Å². The SMILES string of the molecule is CC(=O)c1cccc(S(=O)(=O)Nc2ccc(-c3cn4ccccc4n3)cc2)c1. The molecule has 0 amide bonds. The lowest BCUT2D eigenvalue weighted by molar-refractivity contribution is 0.101. The first-order valence-electron chi connectivity index (χ1n) is 8.60. The van der Waals surface area contributed by atoms with Gasteiger partial charge in [-0.25, -0.2) is 13.4 Å². The third kappa shape index (κ3) is 3.52. The fourth-order valence-corrected chi connectivity index (χ4v) is 3.98. The van der Waals surface area contributed by atoms with Gasteiger partial charge in [0, 0.05) is 29.2 Å². The summed E-state index contributed by atoms with van der Waals surface area (Å²) >= 11 is 0. The number of aromatic nitrogens is 2. The topological polar surface area (TPSA) is 80.5 Å². The number of imidazole rings is 1. The molecule has 2 heterocycles. The van der Waals surface area contributed by atoms with Gasteiger partial charge in [0.1, 0.15) is 5.65 Å². The number of ketones is 1. The molecule has 0 radical (unpaired) electrons. The van der Waals surface area contributed by atoms with E-state index in [4.69, 9.17) is 0 Å². The average molecular weight is 391 g/mol. The summed E-state index contributed by atoms with van der Waals surface area (Å²) in [5.74, 6) is -0.186. The summed E-state index contributed by atoms with van der Waals surface area (Å²) in [6, 6.07) is 18.7. The third-order valence-corrected chi connectivity index (χ3v) is 5.73. The van der Waals surface area contributed by atoms with Gasteiger partial charge in [0.05, 0.1) is 10.6 Å². The maximum Gasteiger partial charge on any atom is 0.261 e. The van der Waals surface area contributed by atoms with Crippen molar-refractivity contribution in [2.24, 2.45) is 0 Å². The summed E-state index contributed by atoms with van der Waals surface area (Å²) in [5, 5.41) is 0. The highest BCUT2D eigenvalue weighted by molar-refractivity contribution is 7.92. The molecule has 0 saturated heterocycles. The third-order valence-electron chi connectivity index (χ3n) is 4.35. The highest BCUT2D eigenvalue weighted by atomic mass is 32.2. The van der Waals surface area contributed by atoms with E-state index in [9.17, 15) is 13.2 Å². The highest BCUT2D eigenvalue weighted by Gasteiger charge is 2.16. The van der Waals surface area contributed by atoms with E-state index in [-0.39, 0.29) is 10.7 Å². The van der Waals surface area contributed by atoms with Crippen LogP contribution in [0.15, 0.2) is 84.0 Å². The van der Waals surface area contributed by atoms with Crippen LogP contribution in [0.25, 0.3) is 16.9 Å². The van der Waals surface area contributed by atoms with Crippen LogP contribution in [0.2, 0.25) is 0 Å². The molecule has 7 heteroatoms. The van der Waals surface area contributed by atoms with E-state index in [2.05, 4.69) is 9.71 Å². The van der Waals surface area contributed by atoms with E-state index in [0.717, 1.165) is 16.9 Å². The van der Waals surface area contributed by atoms with Crippen LogP contribution in [0.5, 0.6) is 0 Å². The molecule has 2 aromatic heterocycles. The first kappa shape index (κ1) is 17.9. The summed E-state index contributed by atoms with van der Waals surface area (Å²) in [6.45, 7) is 1.40. The molecule has 140 valence electrons. The molecule has 0 aliphatic carbocycles. The number of pyridine rings is 1. The van der Waals surface area contributed by atoms with Crippen molar-refractivity contribution in [1.82, 2.24) is 9.38 Å². The van der Waals surface area contributed by atoms with Gasteiger partial charge in [-0.3, -0.25) is 9.52 Å². The summed E-state index contributed by atoms with van der Waals surface area (Å²) in [6.07, 6.45) is 3.84. The maximum atomic E-state index is 12.6. The highest BCUT2D eigenvalue weighted by Crippen LogP contribution is 2.23. The number of rotatable bonds is 5. The molecular weight excluding hydrogens is 374 g/mol. The molecule has 1 N–H and O–H groups in total. The monoisotopic (exact) mass is 391 g/mol. The number of sulfonamides is 1. The van der Waals surface area contributed by atoms with Gasteiger partial charge in [-0.2, -0.15) is 0 Å². The van der Waals surface area contributed by atoms with Gasteiger partial charge >= 0.3 is 0 Å². The van der Waals surface area contributed by atoms with Gasteiger partial charge in [-0.05, 0) is 43.3 Å². The van der Waals surface area contributed by atoms with Gasteiger partial charge in [-0.1, -0.05) is 30.3 Å². The standard InChI is InChI=1S/C21H17N3O3S/c1-15(25)17-5-4-6-19(13-17)28(26,27)23-18-10-8-16(9-11-18)20-14-24-12-3-2-7-21(24)22-20/h2-14,23H,1H3. The number of fused-ring (bicyclic) bond motifs is 1. The van der Waals surface area contributed by atoms with Gasteiger partial charge in [0.25, 0.3) is 10.0 Å². The van der Waals surface area contributed by atoms with E-state index in [0.29, 0.717) is 11.3 Å². The molecular formula is C21H17N3O3S. The number of nitrogens with zero attached hydrogens (tertiary/aromatic N) is 2. The van der Waals surface area contributed by atoms with Crippen molar-refractivity contribution in [3.05, 3.63) is 84.7 Å². The quantitative estimate of drug-likeness (QED) is 0.521. The molecule has 0 aliphatic heterocycles. The summed E-state index contributed by atoms with van der Waals surface area (Å²) in [4.78, 5) is 16.1. The second kappa shape index (κ2) is 6.94. The van der Waals surface area contributed by atoms with Crippen LogP contribution in [0.3, 0.4) is 0 Å². The Morgan fingerprint density at radius 3 is 2.50 bits per heavy atom. The second-order valence-electron chi connectivity index (χ2n) is 6.36. The van der Waals surface area contributed by atoms with Gasteiger partial charge in [0.2, 0.25) is 0 Å². The molecule has 28 heavy (non-hydrogen) atoms. The lowest BCUT2D eigenvalue weighted by Crippen LogP contribution is -2.13. The lowest BCUT2D eigenvalue weighted by atomic mass is 10.1. The predicted octanol–water partition coefficient (Wildman–Crippen LogP) is 4.00. The molecule has 0 unspecified atom stereocenters. The van der Waals surface area contributed by atoms with Crippen molar-refractivity contribution < 1.29 is 13.2 Å². The Kier molecular flexibility index (Phi) is 4.44. The molecule has 2 aromatic carbocycles. The Hall–Kier alpha value is -3.45. The molecule has 0 saturated carbocycles. The predicted molar refractivity (Wildman–Crippen MR) is 108 cm³/mol. The van der Waals surface area contributed by atoms with Crippen LogP contribution in [0.4, 0.5) is 5.69 Å². The van der Waals surface area contributed by atoms with Crippen molar-refractivity contribution in [2.45, 2.75) is 11.8 Å². The van der Waals surface area contributed by atoms with E-state index in [1.54, 1.807) is 24.3 Å². The zero-order chi connectivity index (χ0) is 19.7. The minimum absolute atomic E-state index is 0.0460. The first-order chi connectivity index (χ1) is 13.4. The zero-order valence-corrected chi connectivity index (χ0v) is 15.8. The molecule has 0 fully saturated rings. The number of hydrogen-bond acceptors (Lipinski definition) is 4. The summed E-state index contributed by atoms with van der Waals surface area (Å²) in [7, 11) is -3.79. The Balaban J connectivity index is 1.58. The van der Waals surface area contributed by atoms with Crippen LogP contribution < -0.4 is 4.72 Å². The van der Waals surface area contributed by atoms with E-state index < -0.39 is 10.0 Å². The zero-order valence-electron chi connectivity index (χ0n) is 15.0. The summed E-state index contributed by atoms with van der Waals surface area (Å²) in [5.41, 5.74) is 3.30. The Labute approximate surface area is 162 Å². The number of nitrogens with one attached hydrogen (secondary N) is 1. The van der Waals surface area contributed by atoms with Crippen molar-refractivity contribution >= 4 is 27.1 Å². The maximum absolute atomic E-state index is 12.6. The van der Waals surface area contributed by atoms with Gasteiger partial charge < -0.3 is 4.40 Å². The minimum Gasteiger partial charge on any atom is -0.306 e. The van der Waals surface area contributed by atoms with Crippen molar-refractivity contribution in [2.75, 3.05) is 4.72 Å². The van der Waals surface area contributed by atoms with Crippen LogP contribution in [-0.2, 0) is 10.0 Å². The largest absolute Gasteiger partial charge is 0.306 e. The number of carbonyl (C=O) groups excluding carboxylic acids is 1. The number of carbonyl (C=O) groups is 1. The van der Waals surface area contributed by atoms with Crippen LogP contribution in [0, 0.1) is 0 Å². The molecule has 0 atom stereocenters. The molecule has 4 rings (SSSR count). The second-order valence-corrected chi connectivity index (χ2v) is 8.04. The first-order valence-corrected chi connectivity index (χ1v) is 10.1. The molecule has 0 spiro atoms. The van der Waals surface area contributed by atoms with Crippen molar-refractivity contribution in [3.63, 3.8) is 0 Å². The van der Waals surface area contributed by atoms with Gasteiger partial charge in [-0.15, -0.1) is 0 Å². The van der Waals surface area contributed by atoms with E-state index in [1.807, 2.05) is 47.1 Å². The Morgan fingerprint density at radius 2 is 1.79 bits per heavy atom. The lowest BCUT2D eigenvalue weighted by Gasteiger charge is -2.09. The van der Waals surface area contributed by atoms with Gasteiger partial charge in [0.15, 0.2) is 5.78 Å². The van der Waals surface area contributed by atoms with Crippen LogP contribution in [-0.4, -0.2) is 23.6 Å². The Morgan fingerprint density at radius 1 is 1.00 bits per heavy atom. The van der Waals surface area contributed by atoms with E-state index in [1.165, 1.54) is 19.1 Å². The fraction of sp³-hybridized carbons (Fsp3) is 0.0476. The van der Waals surface area contributed by atoms with Crippen molar-refractivity contribution in [1.29, 1.82) is 0 Å². The number of benzene rings is 2. The van der Waals surface area contributed by atoms with E-state index >= 15 is 0 Å². The normalized spacial score (nSPS) is 11.5. The smallest absolute Gasteiger partial charge is 0.261 e. The Bertz CT molecular complexity index is 1240. The molecule has 0 aliphatic rings. The van der Waals surface area contributed by atoms with Crippen LogP contribution in [0.1, 0.15) is 17.3 Å².